The largest absolute Gasteiger partial charge is 0.368 e. The number of amides is 1. The Kier molecular flexibility index (Phi) is 5.44. The van der Waals surface area contributed by atoms with Gasteiger partial charge in [-0.05, 0) is 57.1 Å². The molecule has 1 saturated heterocycles. The summed E-state index contributed by atoms with van der Waals surface area (Å²) in [4.78, 5) is 17.1. The van der Waals surface area contributed by atoms with Crippen molar-refractivity contribution >= 4 is 11.6 Å². The number of nitrogens with zero attached hydrogens (tertiary/aromatic N) is 2. The standard InChI is InChI=1S/C20H31N3O/c1-15-9-10-17-6-3-4-8-19(17)23(15)13-11-20(24)22-12-5-7-18(14-22)16(2)21/h3-4,6,8,15-16,18H,5,7,9-14,21H2,1-2H3/t15-,16+,18-/m1/s1. The fraction of sp³-hybridized carbons (Fsp3) is 0.650. The van der Waals surface area contributed by atoms with Gasteiger partial charge in [0.05, 0.1) is 0 Å². The normalized spacial score (nSPS) is 25.3. The number of para-hydroxylation sites is 1. The predicted octanol–water partition coefficient (Wildman–Crippen LogP) is 2.80. The van der Waals surface area contributed by atoms with Gasteiger partial charge in [-0.1, -0.05) is 18.2 Å². The number of rotatable bonds is 4. The maximum Gasteiger partial charge on any atom is 0.224 e. The first-order valence-electron chi connectivity index (χ1n) is 9.44. The second-order valence-corrected chi connectivity index (χ2v) is 7.56. The van der Waals surface area contributed by atoms with Crippen LogP contribution >= 0.6 is 0 Å². The summed E-state index contributed by atoms with van der Waals surface area (Å²) in [5.74, 6) is 0.743. The number of piperidine rings is 1. The highest BCUT2D eigenvalue weighted by atomic mass is 16.2. The quantitative estimate of drug-likeness (QED) is 0.924. The summed E-state index contributed by atoms with van der Waals surface area (Å²) in [6.07, 6.45) is 5.15. The van der Waals surface area contributed by atoms with Crippen molar-refractivity contribution in [3.05, 3.63) is 29.8 Å². The molecule has 132 valence electrons. The van der Waals surface area contributed by atoms with E-state index in [1.807, 2.05) is 4.90 Å². The molecule has 3 rings (SSSR count). The molecule has 0 spiro atoms. The van der Waals surface area contributed by atoms with E-state index in [2.05, 4.69) is 43.0 Å². The second-order valence-electron chi connectivity index (χ2n) is 7.56. The van der Waals surface area contributed by atoms with Crippen molar-refractivity contribution in [3.8, 4) is 0 Å². The minimum atomic E-state index is 0.176. The van der Waals surface area contributed by atoms with Crippen molar-refractivity contribution in [1.82, 2.24) is 4.90 Å². The smallest absolute Gasteiger partial charge is 0.224 e. The van der Waals surface area contributed by atoms with Crippen LogP contribution in [0.5, 0.6) is 0 Å². The van der Waals surface area contributed by atoms with E-state index in [4.69, 9.17) is 5.73 Å². The van der Waals surface area contributed by atoms with Gasteiger partial charge in [0.15, 0.2) is 0 Å². The number of hydrogen-bond donors (Lipinski definition) is 1. The van der Waals surface area contributed by atoms with Gasteiger partial charge in [-0.25, -0.2) is 0 Å². The average Bonchev–Trinajstić information content (AvgIpc) is 2.60. The van der Waals surface area contributed by atoms with Crippen LogP contribution in [0.3, 0.4) is 0 Å². The summed E-state index contributed by atoms with van der Waals surface area (Å²) in [5.41, 5.74) is 8.78. The zero-order valence-electron chi connectivity index (χ0n) is 15.1. The molecule has 1 aromatic rings. The van der Waals surface area contributed by atoms with Gasteiger partial charge in [-0.2, -0.15) is 0 Å². The third kappa shape index (κ3) is 3.75. The van der Waals surface area contributed by atoms with Crippen LogP contribution in [0.2, 0.25) is 0 Å². The van der Waals surface area contributed by atoms with Crippen LogP contribution in [0.4, 0.5) is 5.69 Å². The SMILES string of the molecule is C[C@H](N)[C@@H]1CCCN(C(=O)CCN2c3ccccc3CC[C@H]2C)C1. The minimum Gasteiger partial charge on any atom is -0.368 e. The number of anilines is 1. The summed E-state index contributed by atoms with van der Waals surface area (Å²) in [7, 11) is 0. The molecule has 0 saturated carbocycles. The summed E-state index contributed by atoms with van der Waals surface area (Å²) in [5, 5.41) is 0. The van der Waals surface area contributed by atoms with E-state index in [9.17, 15) is 4.79 Å². The lowest BCUT2D eigenvalue weighted by Crippen LogP contribution is -2.46. The molecule has 1 aromatic carbocycles. The van der Waals surface area contributed by atoms with Crippen molar-refractivity contribution in [2.24, 2.45) is 11.7 Å². The van der Waals surface area contributed by atoms with Crippen LogP contribution in [0.1, 0.15) is 45.1 Å². The fourth-order valence-corrected chi connectivity index (χ4v) is 4.14. The lowest BCUT2D eigenvalue weighted by atomic mass is 9.92. The molecule has 0 bridgehead atoms. The number of carbonyl (C=O) groups is 1. The fourth-order valence-electron chi connectivity index (χ4n) is 4.14. The highest BCUT2D eigenvalue weighted by molar-refractivity contribution is 5.77. The molecule has 2 N–H and O–H groups in total. The van der Waals surface area contributed by atoms with Crippen LogP contribution in [-0.4, -0.2) is 42.5 Å². The van der Waals surface area contributed by atoms with Crippen molar-refractivity contribution < 1.29 is 4.79 Å². The average molecular weight is 329 g/mol. The Labute approximate surface area is 146 Å². The molecule has 2 aliphatic heterocycles. The predicted molar refractivity (Wildman–Crippen MR) is 99.1 cm³/mol. The van der Waals surface area contributed by atoms with E-state index in [0.29, 0.717) is 18.4 Å². The Morgan fingerprint density at radius 2 is 2.12 bits per heavy atom. The third-order valence-electron chi connectivity index (χ3n) is 5.79. The summed E-state index contributed by atoms with van der Waals surface area (Å²) >= 11 is 0. The second kappa shape index (κ2) is 7.56. The Morgan fingerprint density at radius 1 is 1.33 bits per heavy atom. The number of hydrogen-bond acceptors (Lipinski definition) is 3. The van der Waals surface area contributed by atoms with Crippen LogP contribution < -0.4 is 10.6 Å². The maximum atomic E-state index is 12.7. The lowest BCUT2D eigenvalue weighted by Gasteiger charge is -2.38. The Bertz CT molecular complexity index is 572. The van der Waals surface area contributed by atoms with Crippen molar-refractivity contribution in [3.63, 3.8) is 0 Å². The topological polar surface area (TPSA) is 49.6 Å². The lowest BCUT2D eigenvalue weighted by molar-refractivity contribution is -0.132. The first-order valence-corrected chi connectivity index (χ1v) is 9.44. The molecule has 3 atom stereocenters. The molecular formula is C20H31N3O. The van der Waals surface area contributed by atoms with Crippen LogP contribution in [0, 0.1) is 5.92 Å². The molecule has 4 nitrogen and oxygen atoms in total. The molecular weight excluding hydrogens is 298 g/mol. The van der Waals surface area contributed by atoms with E-state index >= 15 is 0 Å². The van der Waals surface area contributed by atoms with Crippen LogP contribution in [0.15, 0.2) is 24.3 Å². The molecule has 24 heavy (non-hydrogen) atoms. The summed E-state index contributed by atoms with van der Waals surface area (Å²) in [6, 6.07) is 9.31. The first kappa shape index (κ1) is 17.3. The number of nitrogens with two attached hydrogens (primary N) is 1. The molecule has 0 aliphatic carbocycles. The van der Waals surface area contributed by atoms with Gasteiger partial charge >= 0.3 is 0 Å². The van der Waals surface area contributed by atoms with E-state index in [1.165, 1.54) is 17.7 Å². The van der Waals surface area contributed by atoms with Gasteiger partial charge in [0, 0.05) is 43.8 Å². The molecule has 0 radical (unpaired) electrons. The Hall–Kier alpha value is -1.55. The molecule has 0 aromatic heterocycles. The highest BCUT2D eigenvalue weighted by Crippen LogP contribution is 2.30. The summed E-state index contributed by atoms with van der Waals surface area (Å²) in [6.45, 7) is 6.88. The van der Waals surface area contributed by atoms with Gasteiger partial charge in [0.25, 0.3) is 0 Å². The van der Waals surface area contributed by atoms with E-state index in [0.717, 1.165) is 38.9 Å². The minimum absolute atomic E-state index is 0.176. The van der Waals surface area contributed by atoms with Crippen molar-refractivity contribution in [2.75, 3.05) is 24.5 Å². The zero-order chi connectivity index (χ0) is 17.1. The van der Waals surface area contributed by atoms with Gasteiger partial charge in [0.1, 0.15) is 0 Å². The molecule has 4 heteroatoms. The highest BCUT2D eigenvalue weighted by Gasteiger charge is 2.27. The van der Waals surface area contributed by atoms with E-state index < -0.39 is 0 Å². The molecule has 2 heterocycles. The Balaban J connectivity index is 1.60. The van der Waals surface area contributed by atoms with Crippen molar-refractivity contribution in [1.29, 1.82) is 0 Å². The maximum absolute atomic E-state index is 12.7. The summed E-state index contributed by atoms with van der Waals surface area (Å²) < 4.78 is 0. The molecule has 0 unspecified atom stereocenters. The first-order chi connectivity index (χ1) is 11.6. The van der Waals surface area contributed by atoms with Gasteiger partial charge in [-0.3, -0.25) is 4.79 Å². The molecule has 2 aliphatic rings. The number of carbonyl (C=O) groups excluding carboxylic acids is 1. The van der Waals surface area contributed by atoms with E-state index in [-0.39, 0.29) is 11.9 Å². The van der Waals surface area contributed by atoms with Crippen molar-refractivity contribution in [2.45, 2.75) is 58.0 Å². The molecule has 1 amide bonds. The monoisotopic (exact) mass is 329 g/mol. The zero-order valence-corrected chi connectivity index (χ0v) is 15.1. The van der Waals surface area contributed by atoms with Gasteiger partial charge in [-0.15, -0.1) is 0 Å². The third-order valence-corrected chi connectivity index (χ3v) is 5.79. The van der Waals surface area contributed by atoms with Gasteiger partial charge in [0.2, 0.25) is 5.91 Å². The number of benzene rings is 1. The Morgan fingerprint density at radius 3 is 2.92 bits per heavy atom. The van der Waals surface area contributed by atoms with Crippen LogP contribution in [-0.2, 0) is 11.2 Å². The molecule has 1 fully saturated rings. The van der Waals surface area contributed by atoms with Crippen LogP contribution in [0.25, 0.3) is 0 Å². The van der Waals surface area contributed by atoms with E-state index in [1.54, 1.807) is 0 Å². The number of aryl methyl sites for hydroxylation is 1. The number of fused-ring (bicyclic) bond motifs is 1. The number of likely N-dealkylation sites (tertiary alicyclic amines) is 1. The van der Waals surface area contributed by atoms with Gasteiger partial charge < -0.3 is 15.5 Å².